The fraction of sp³-hybridized carbons (Fsp3) is 0.300. The number of halogens is 1. The van der Waals surface area contributed by atoms with Gasteiger partial charge in [0.25, 0.3) is 0 Å². The molecule has 2 rings (SSSR count). The van der Waals surface area contributed by atoms with Gasteiger partial charge in [0.1, 0.15) is 18.5 Å². The van der Waals surface area contributed by atoms with E-state index in [4.69, 9.17) is 4.74 Å². The number of ether oxygens (including phenoxy) is 1. The van der Waals surface area contributed by atoms with Gasteiger partial charge in [0.15, 0.2) is 0 Å². The summed E-state index contributed by atoms with van der Waals surface area (Å²) in [4.78, 5) is 10.8. The van der Waals surface area contributed by atoms with Crippen molar-refractivity contribution in [3.05, 3.63) is 35.6 Å². The minimum Gasteiger partial charge on any atom is -0.362 e. The van der Waals surface area contributed by atoms with Crippen LogP contribution in [0.5, 0.6) is 0 Å². The molecule has 1 saturated heterocycles. The van der Waals surface area contributed by atoms with E-state index in [2.05, 4.69) is 5.32 Å². The van der Waals surface area contributed by atoms with Crippen LogP contribution in [0.4, 0.5) is 4.39 Å². The van der Waals surface area contributed by atoms with Crippen LogP contribution < -0.4 is 5.32 Å². The Labute approximate surface area is 80.9 Å². The van der Waals surface area contributed by atoms with Gasteiger partial charge in [-0.15, -0.1) is 0 Å². The third-order valence-electron chi connectivity index (χ3n) is 2.12. The zero-order chi connectivity index (χ0) is 9.97. The molecular weight excluding hydrogens is 185 g/mol. The molecule has 0 saturated carbocycles. The first-order valence-corrected chi connectivity index (χ1v) is 4.39. The number of rotatable bonds is 1. The highest BCUT2D eigenvalue weighted by Gasteiger charge is 2.19. The molecule has 4 heteroatoms. The molecule has 1 aliphatic heterocycles. The predicted octanol–water partition coefficient (Wildman–Crippen LogP) is 1.01. The van der Waals surface area contributed by atoms with E-state index < -0.39 is 0 Å². The van der Waals surface area contributed by atoms with Gasteiger partial charge in [-0.2, -0.15) is 0 Å². The molecule has 1 amide bonds. The van der Waals surface area contributed by atoms with E-state index in [0.717, 1.165) is 5.56 Å². The van der Waals surface area contributed by atoms with Crippen molar-refractivity contribution in [2.24, 2.45) is 0 Å². The standard InChI is InChI=1S/C10H10FNO2/c11-8-3-1-2-7(4-8)9-5-12-10(13)6-14-9/h1-4,9H,5-6H2,(H,12,13)/t9-/m0/s1. The van der Waals surface area contributed by atoms with Crippen molar-refractivity contribution in [3.63, 3.8) is 0 Å². The molecule has 0 spiro atoms. The molecular formula is C10H10FNO2. The van der Waals surface area contributed by atoms with Gasteiger partial charge in [0.2, 0.25) is 5.91 Å². The van der Waals surface area contributed by atoms with E-state index in [1.807, 2.05) is 0 Å². The van der Waals surface area contributed by atoms with Crippen LogP contribution in [0.2, 0.25) is 0 Å². The van der Waals surface area contributed by atoms with Gasteiger partial charge in [0.05, 0.1) is 0 Å². The van der Waals surface area contributed by atoms with Crippen LogP contribution in [0.25, 0.3) is 0 Å². The first kappa shape index (κ1) is 9.15. The van der Waals surface area contributed by atoms with Gasteiger partial charge < -0.3 is 10.1 Å². The van der Waals surface area contributed by atoms with Crippen LogP contribution in [-0.4, -0.2) is 19.1 Å². The van der Waals surface area contributed by atoms with Crippen molar-refractivity contribution in [1.82, 2.24) is 5.32 Å². The SMILES string of the molecule is O=C1CO[C@H](c2cccc(F)c2)CN1. The number of nitrogens with one attached hydrogen (secondary N) is 1. The highest BCUT2D eigenvalue weighted by atomic mass is 19.1. The average Bonchev–Trinajstić information content (AvgIpc) is 2.19. The van der Waals surface area contributed by atoms with Crippen molar-refractivity contribution >= 4 is 5.91 Å². The average molecular weight is 195 g/mol. The maximum absolute atomic E-state index is 12.9. The summed E-state index contributed by atoms with van der Waals surface area (Å²) in [6.45, 7) is 0.448. The number of morpholine rings is 1. The predicted molar refractivity (Wildman–Crippen MR) is 48.1 cm³/mol. The first-order chi connectivity index (χ1) is 6.75. The van der Waals surface area contributed by atoms with E-state index >= 15 is 0 Å². The normalized spacial score (nSPS) is 21.8. The summed E-state index contributed by atoms with van der Waals surface area (Å²) in [5, 5.41) is 2.66. The van der Waals surface area contributed by atoms with E-state index in [0.29, 0.717) is 6.54 Å². The lowest BCUT2D eigenvalue weighted by Crippen LogP contribution is -2.38. The van der Waals surface area contributed by atoms with Crippen LogP contribution in [-0.2, 0) is 9.53 Å². The van der Waals surface area contributed by atoms with Crippen molar-refractivity contribution < 1.29 is 13.9 Å². The molecule has 14 heavy (non-hydrogen) atoms. The number of hydrogen-bond donors (Lipinski definition) is 1. The van der Waals surface area contributed by atoms with E-state index in [-0.39, 0.29) is 24.4 Å². The molecule has 1 aromatic rings. The van der Waals surface area contributed by atoms with Gasteiger partial charge >= 0.3 is 0 Å². The number of carbonyl (C=O) groups excluding carboxylic acids is 1. The van der Waals surface area contributed by atoms with Gasteiger partial charge in [-0.25, -0.2) is 4.39 Å². The largest absolute Gasteiger partial charge is 0.362 e. The van der Waals surface area contributed by atoms with E-state index in [9.17, 15) is 9.18 Å². The monoisotopic (exact) mass is 195 g/mol. The van der Waals surface area contributed by atoms with Crippen LogP contribution in [0, 0.1) is 5.82 Å². The van der Waals surface area contributed by atoms with Gasteiger partial charge in [-0.3, -0.25) is 4.79 Å². The smallest absolute Gasteiger partial charge is 0.246 e. The van der Waals surface area contributed by atoms with Crippen molar-refractivity contribution in [2.75, 3.05) is 13.2 Å². The van der Waals surface area contributed by atoms with Gasteiger partial charge in [-0.05, 0) is 17.7 Å². The van der Waals surface area contributed by atoms with Crippen molar-refractivity contribution in [2.45, 2.75) is 6.10 Å². The maximum atomic E-state index is 12.9. The second kappa shape index (κ2) is 3.75. The molecule has 0 bridgehead atoms. The molecule has 1 N–H and O–H groups in total. The molecule has 1 aromatic carbocycles. The topological polar surface area (TPSA) is 38.3 Å². The third-order valence-corrected chi connectivity index (χ3v) is 2.12. The van der Waals surface area contributed by atoms with E-state index in [1.54, 1.807) is 12.1 Å². The maximum Gasteiger partial charge on any atom is 0.246 e. The zero-order valence-electron chi connectivity index (χ0n) is 7.50. The lowest BCUT2D eigenvalue weighted by atomic mass is 10.1. The number of carbonyl (C=O) groups is 1. The molecule has 74 valence electrons. The Hall–Kier alpha value is -1.42. The summed E-state index contributed by atoms with van der Waals surface area (Å²) in [6, 6.07) is 6.21. The highest BCUT2D eigenvalue weighted by Crippen LogP contribution is 2.19. The molecule has 0 unspecified atom stereocenters. The molecule has 0 radical (unpaired) electrons. The molecule has 1 atom stereocenters. The third kappa shape index (κ3) is 1.90. The molecule has 0 aliphatic carbocycles. The molecule has 3 nitrogen and oxygen atoms in total. The summed E-state index contributed by atoms with van der Waals surface area (Å²) < 4.78 is 18.1. The minimum absolute atomic E-state index is 0.0428. The fourth-order valence-electron chi connectivity index (χ4n) is 1.41. The quantitative estimate of drug-likeness (QED) is 0.726. The summed E-state index contributed by atoms with van der Waals surface area (Å²) >= 11 is 0. The molecule has 1 aliphatic rings. The Morgan fingerprint density at radius 2 is 2.36 bits per heavy atom. The Bertz CT molecular complexity index is 344. The summed E-state index contributed by atoms with van der Waals surface area (Å²) in [7, 11) is 0. The summed E-state index contributed by atoms with van der Waals surface area (Å²) in [5.74, 6) is -0.416. The van der Waals surface area contributed by atoms with Crippen LogP contribution in [0.15, 0.2) is 24.3 Å². The summed E-state index contributed by atoms with van der Waals surface area (Å²) in [5.41, 5.74) is 0.755. The van der Waals surface area contributed by atoms with Gasteiger partial charge in [-0.1, -0.05) is 12.1 Å². The Morgan fingerprint density at radius 3 is 3.00 bits per heavy atom. The Morgan fingerprint density at radius 1 is 1.50 bits per heavy atom. The van der Waals surface area contributed by atoms with Crippen LogP contribution in [0.1, 0.15) is 11.7 Å². The highest BCUT2D eigenvalue weighted by molar-refractivity contribution is 5.77. The first-order valence-electron chi connectivity index (χ1n) is 4.39. The zero-order valence-corrected chi connectivity index (χ0v) is 7.50. The lowest BCUT2D eigenvalue weighted by Gasteiger charge is -2.23. The number of hydrogen-bond acceptors (Lipinski definition) is 2. The fourth-order valence-corrected chi connectivity index (χ4v) is 1.41. The Kier molecular flexibility index (Phi) is 2.45. The number of benzene rings is 1. The Balaban J connectivity index is 2.12. The van der Waals surface area contributed by atoms with Crippen molar-refractivity contribution in [1.29, 1.82) is 0 Å². The summed E-state index contributed by atoms with van der Waals surface area (Å²) in [6.07, 6.45) is -0.233. The van der Waals surface area contributed by atoms with Crippen LogP contribution >= 0.6 is 0 Å². The number of amides is 1. The van der Waals surface area contributed by atoms with Crippen molar-refractivity contribution in [3.8, 4) is 0 Å². The van der Waals surface area contributed by atoms with Crippen LogP contribution in [0.3, 0.4) is 0 Å². The minimum atomic E-state index is -0.289. The second-order valence-electron chi connectivity index (χ2n) is 3.16. The molecule has 0 aromatic heterocycles. The molecule has 1 fully saturated rings. The second-order valence-corrected chi connectivity index (χ2v) is 3.16. The molecule has 1 heterocycles. The van der Waals surface area contributed by atoms with E-state index in [1.165, 1.54) is 12.1 Å². The lowest BCUT2D eigenvalue weighted by molar-refractivity contribution is -0.133. The van der Waals surface area contributed by atoms with Gasteiger partial charge in [0, 0.05) is 6.54 Å².